The fourth-order valence-corrected chi connectivity index (χ4v) is 2.90. The molecule has 0 saturated heterocycles. The lowest BCUT2D eigenvalue weighted by atomic mass is 10.1. The molecule has 0 aliphatic rings. The van der Waals surface area contributed by atoms with Gasteiger partial charge in [0.15, 0.2) is 0 Å². The van der Waals surface area contributed by atoms with E-state index in [1.165, 1.54) is 0 Å². The number of hydrogen-bond donors (Lipinski definition) is 2. The van der Waals surface area contributed by atoms with Gasteiger partial charge in [0, 0.05) is 25.9 Å². The smallest absolute Gasteiger partial charge is 0.255 e. The van der Waals surface area contributed by atoms with E-state index >= 15 is 0 Å². The van der Waals surface area contributed by atoms with Crippen LogP contribution in [0.5, 0.6) is 0 Å². The first-order valence-corrected chi connectivity index (χ1v) is 7.18. The lowest BCUT2D eigenvalue weighted by molar-refractivity contribution is 0.102. The summed E-state index contributed by atoms with van der Waals surface area (Å²) in [4.78, 5) is 12.1. The van der Waals surface area contributed by atoms with Gasteiger partial charge in [0.25, 0.3) is 5.91 Å². The van der Waals surface area contributed by atoms with Crippen molar-refractivity contribution in [2.24, 2.45) is 0 Å². The molecule has 2 aromatic carbocycles. The van der Waals surface area contributed by atoms with Gasteiger partial charge in [0.05, 0.1) is 0 Å². The monoisotopic (exact) mass is 382 g/mol. The van der Waals surface area contributed by atoms with E-state index in [0.29, 0.717) is 16.9 Å². The van der Waals surface area contributed by atoms with Crippen LogP contribution in [0, 0.1) is 6.92 Å². The highest BCUT2D eigenvalue weighted by atomic mass is 79.9. The molecule has 5 heteroatoms. The number of halogens is 2. The summed E-state index contributed by atoms with van der Waals surface area (Å²) in [6, 6.07) is 10.9. The molecule has 3 N–H and O–H groups in total. The minimum atomic E-state index is -0.176. The average molecular weight is 384 g/mol. The van der Waals surface area contributed by atoms with E-state index in [-0.39, 0.29) is 5.91 Å². The molecule has 98 valence electrons. The molecule has 0 unspecified atom stereocenters. The average Bonchev–Trinajstić information content (AvgIpc) is 2.32. The van der Waals surface area contributed by atoms with Crippen LogP contribution in [0.15, 0.2) is 45.3 Å². The normalized spacial score (nSPS) is 10.3. The Kier molecular flexibility index (Phi) is 4.27. The van der Waals surface area contributed by atoms with E-state index in [1.807, 2.05) is 25.1 Å². The van der Waals surface area contributed by atoms with Crippen molar-refractivity contribution in [1.29, 1.82) is 0 Å². The molecule has 19 heavy (non-hydrogen) atoms. The van der Waals surface area contributed by atoms with Crippen LogP contribution in [-0.4, -0.2) is 5.91 Å². The van der Waals surface area contributed by atoms with Gasteiger partial charge in [-0.05, 0) is 42.8 Å². The van der Waals surface area contributed by atoms with Gasteiger partial charge in [-0.2, -0.15) is 0 Å². The van der Waals surface area contributed by atoms with Crippen LogP contribution in [0.1, 0.15) is 15.9 Å². The molecule has 0 aliphatic carbocycles. The summed E-state index contributed by atoms with van der Waals surface area (Å²) in [5.74, 6) is -0.176. The van der Waals surface area contributed by atoms with E-state index < -0.39 is 0 Å². The van der Waals surface area contributed by atoms with Crippen LogP contribution in [0.3, 0.4) is 0 Å². The third-order valence-electron chi connectivity index (χ3n) is 2.66. The Balaban J connectivity index is 2.22. The summed E-state index contributed by atoms with van der Waals surface area (Å²) in [6.45, 7) is 1.92. The fourth-order valence-electron chi connectivity index (χ4n) is 1.61. The van der Waals surface area contributed by atoms with Crippen LogP contribution in [0.4, 0.5) is 11.4 Å². The predicted octanol–water partition coefficient (Wildman–Crippen LogP) is 4.35. The number of nitrogen functional groups attached to an aromatic ring is 1. The topological polar surface area (TPSA) is 55.1 Å². The third-order valence-corrected chi connectivity index (χ3v) is 3.58. The summed E-state index contributed by atoms with van der Waals surface area (Å²) >= 11 is 6.72. The zero-order valence-electron chi connectivity index (χ0n) is 10.2. The number of carbonyl (C=O) groups is 1. The summed E-state index contributed by atoms with van der Waals surface area (Å²) in [5, 5.41) is 2.82. The second-order valence-electron chi connectivity index (χ2n) is 4.18. The predicted molar refractivity (Wildman–Crippen MR) is 85.4 cm³/mol. The van der Waals surface area contributed by atoms with Gasteiger partial charge in [-0.3, -0.25) is 4.79 Å². The van der Waals surface area contributed by atoms with Crippen LogP contribution in [0.2, 0.25) is 0 Å². The van der Waals surface area contributed by atoms with Crippen molar-refractivity contribution in [1.82, 2.24) is 0 Å². The van der Waals surface area contributed by atoms with Crippen LogP contribution >= 0.6 is 31.9 Å². The molecule has 0 bridgehead atoms. The van der Waals surface area contributed by atoms with Crippen molar-refractivity contribution in [2.75, 3.05) is 11.1 Å². The quantitative estimate of drug-likeness (QED) is 0.757. The van der Waals surface area contributed by atoms with Crippen molar-refractivity contribution in [3.05, 3.63) is 56.5 Å². The number of hydrogen-bond acceptors (Lipinski definition) is 2. The number of aryl methyl sites for hydroxylation is 1. The molecule has 0 atom stereocenters. The SMILES string of the molecule is Cc1ccc(NC(=O)c2cc(Br)cc(Br)c2)cc1N. The van der Waals surface area contributed by atoms with Gasteiger partial charge in [-0.1, -0.05) is 37.9 Å². The van der Waals surface area contributed by atoms with Crippen LogP contribution in [-0.2, 0) is 0 Å². The van der Waals surface area contributed by atoms with Crippen LogP contribution in [0.25, 0.3) is 0 Å². The lowest BCUT2D eigenvalue weighted by Crippen LogP contribution is -2.12. The van der Waals surface area contributed by atoms with Crippen molar-refractivity contribution in [3.63, 3.8) is 0 Å². The summed E-state index contributed by atoms with van der Waals surface area (Å²) < 4.78 is 1.69. The second kappa shape index (κ2) is 5.75. The van der Waals surface area contributed by atoms with Gasteiger partial charge >= 0.3 is 0 Å². The van der Waals surface area contributed by atoms with Gasteiger partial charge in [0.1, 0.15) is 0 Å². The second-order valence-corrected chi connectivity index (χ2v) is 6.01. The number of anilines is 2. The first-order chi connectivity index (χ1) is 8.95. The van der Waals surface area contributed by atoms with E-state index in [2.05, 4.69) is 37.2 Å². The van der Waals surface area contributed by atoms with Crippen molar-refractivity contribution in [3.8, 4) is 0 Å². The number of rotatable bonds is 2. The summed E-state index contributed by atoms with van der Waals surface area (Å²) in [5.41, 5.74) is 8.72. The molecule has 3 nitrogen and oxygen atoms in total. The highest BCUT2D eigenvalue weighted by Crippen LogP contribution is 2.22. The maximum absolute atomic E-state index is 12.1. The highest BCUT2D eigenvalue weighted by molar-refractivity contribution is 9.11. The zero-order valence-corrected chi connectivity index (χ0v) is 13.4. The number of carbonyl (C=O) groups excluding carboxylic acids is 1. The molecule has 0 heterocycles. The maximum atomic E-state index is 12.1. The molecular weight excluding hydrogens is 372 g/mol. The minimum Gasteiger partial charge on any atom is -0.398 e. The number of nitrogens with one attached hydrogen (secondary N) is 1. The van der Waals surface area contributed by atoms with E-state index in [9.17, 15) is 4.79 Å². The standard InChI is InChI=1S/C14H12Br2N2O/c1-8-2-3-12(7-13(8)17)18-14(19)9-4-10(15)6-11(16)5-9/h2-7H,17H2,1H3,(H,18,19). The fraction of sp³-hybridized carbons (Fsp3) is 0.0714. The first kappa shape index (κ1) is 14.1. The van der Waals surface area contributed by atoms with Crippen molar-refractivity contribution in [2.45, 2.75) is 6.92 Å². The van der Waals surface area contributed by atoms with Gasteiger partial charge < -0.3 is 11.1 Å². The molecule has 0 radical (unpaired) electrons. The highest BCUT2D eigenvalue weighted by Gasteiger charge is 2.08. The van der Waals surface area contributed by atoms with Gasteiger partial charge in [0.2, 0.25) is 0 Å². The van der Waals surface area contributed by atoms with Gasteiger partial charge in [-0.25, -0.2) is 0 Å². The molecule has 2 rings (SSSR count). The Morgan fingerprint density at radius 2 is 1.74 bits per heavy atom. The van der Waals surface area contributed by atoms with E-state index in [1.54, 1.807) is 18.2 Å². The van der Waals surface area contributed by atoms with E-state index in [0.717, 1.165) is 14.5 Å². The summed E-state index contributed by atoms with van der Waals surface area (Å²) in [6.07, 6.45) is 0. The Bertz CT molecular complexity index is 621. The molecule has 0 saturated carbocycles. The summed E-state index contributed by atoms with van der Waals surface area (Å²) in [7, 11) is 0. The lowest BCUT2D eigenvalue weighted by Gasteiger charge is -2.08. The molecule has 0 spiro atoms. The van der Waals surface area contributed by atoms with E-state index in [4.69, 9.17) is 5.73 Å². The third kappa shape index (κ3) is 3.58. The number of amides is 1. The molecular formula is C14H12Br2N2O. The molecule has 0 aromatic heterocycles. The molecule has 0 fully saturated rings. The molecule has 0 aliphatic heterocycles. The number of nitrogens with two attached hydrogens (primary N) is 1. The largest absolute Gasteiger partial charge is 0.398 e. The Morgan fingerprint density at radius 1 is 1.11 bits per heavy atom. The molecule has 1 amide bonds. The van der Waals surface area contributed by atoms with Gasteiger partial charge in [-0.15, -0.1) is 0 Å². The van der Waals surface area contributed by atoms with Crippen LogP contribution < -0.4 is 11.1 Å². The Hall–Kier alpha value is -1.33. The van der Waals surface area contributed by atoms with Crippen molar-refractivity contribution >= 4 is 49.1 Å². The maximum Gasteiger partial charge on any atom is 0.255 e. The van der Waals surface area contributed by atoms with Crippen molar-refractivity contribution < 1.29 is 4.79 Å². The Labute approximate surface area is 128 Å². The zero-order chi connectivity index (χ0) is 14.0. The molecule has 2 aromatic rings. The number of benzene rings is 2. The Morgan fingerprint density at radius 3 is 2.32 bits per heavy atom. The minimum absolute atomic E-state index is 0.176. The first-order valence-electron chi connectivity index (χ1n) is 5.59.